The Morgan fingerprint density at radius 2 is 1.93 bits per heavy atom. The Hall–Kier alpha value is -1.04. The van der Waals surface area contributed by atoms with Crippen LogP contribution >= 0.6 is 11.6 Å². The first-order valence-corrected chi connectivity index (χ1v) is 4.92. The maximum atomic E-state index is 12.9. The molecule has 1 aliphatic rings. The van der Waals surface area contributed by atoms with Crippen LogP contribution in [0.4, 0.5) is 14.7 Å². The SMILES string of the molecule is FC1(F)CCN(c2ncnc(Cl)n2)CC1. The monoisotopic (exact) mass is 234 g/mol. The molecule has 82 valence electrons. The molecule has 15 heavy (non-hydrogen) atoms. The third-order valence-corrected chi connectivity index (χ3v) is 2.49. The molecule has 1 aliphatic heterocycles. The Kier molecular flexibility index (Phi) is 2.68. The minimum atomic E-state index is -2.56. The molecule has 1 saturated heterocycles. The highest BCUT2D eigenvalue weighted by atomic mass is 35.5. The predicted molar refractivity (Wildman–Crippen MR) is 51.2 cm³/mol. The molecule has 7 heteroatoms. The van der Waals surface area contributed by atoms with Gasteiger partial charge in [0.05, 0.1) is 0 Å². The maximum absolute atomic E-state index is 12.9. The van der Waals surface area contributed by atoms with Crippen LogP contribution in [-0.4, -0.2) is 34.0 Å². The Balaban J connectivity index is 2.08. The first-order valence-electron chi connectivity index (χ1n) is 4.54. The number of nitrogens with zero attached hydrogens (tertiary/aromatic N) is 4. The predicted octanol–water partition coefficient (Wildman–Crippen LogP) is 1.76. The highest BCUT2D eigenvalue weighted by Gasteiger charge is 2.34. The van der Waals surface area contributed by atoms with Crippen molar-refractivity contribution in [3.63, 3.8) is 0 Å². The van der Waals surface area contributed by atoms with Gasteiger partial charge in [0.2, 0.25) is 11.2 Å². The molecular formula is C8H9ClF2N4. The van der Waals surface area contributed by atoms with Crippen LogP contribution in [0.5, 0.6) is 0 Å². The second-order valence-electron chi connectivity index (χ2n) is 3.40. The standard InChI is InChI=1S/C8H9ClF2N4/c9-6-12-5-13-7(14-6)15-3-1-8(10,11)2-4-15/h5H,1-4H2. The second-order valence-corrected chi connectivity index (χ2v) is 3.74. The van der Waals surface area contributed by atoms with Crippen LogP contribution < -0.4 is 4.90 Å². The van der Waals surface area contributed by atoms with Crippen molar-refractivity contribution in [3.8, 4) is 0 Å². The summed E-state index contributed by atoms with van der Waals surface area (Å²) in [5, 5.41) is 0.0809. The van der Waals surface area contributed by atoms with Gasteiger partial charge in [0.1, 0.15) is 6.33 Å². The lowest BCUT2D eigenvalue weighted by molar-refractivity contribution is -0.0222. The van der Waals surface area contributed by atoms with Gasteiger partial charge in [0.25, 0.3) is 5.92 Å². The number of anilines is 1. The maximum Gasteiger partial charge on any atom is 0.251 e. The van der Waals surface area contributed by atoms with Crippen LogP contribution in [0.2, 0.25) is 5.28 Å². The van der Waals surface area contributed by atoms with Crippen molar-refractivity contribution in [2.24, 2.45) is 0 Å². The van der Waals surface area contributed by atoms with Crippen LogP contribution in [0, 0.1) is 0 Å². The minimum Gasteiger partial charge on any atom is -0.340 e. The Morgan fingerprint density at radius 1 is 1.27 bits per heavy atom. The Morgan fingerprint density at radius 3 is 2.53 bits per heavy atom. The van der Waals surface area contributed by atoms with Gasteiger partial charge in [0, 0.05) is 25.9 Å². The average molecular weight is 235 g/mol. The van der Waals surface area contributed by atoms with Crippen molar-refractivity contribution in [3.05, 3.63) is 11.6 Å². The molecule has 0 N–H and O–H groups in total. The third kappa shape index (κ3) is 2.50. The van der Waals surface area contributed by atoms with Crippen LogP contribution in [-0.2, 0) is 0 Å². The first kappa shape index (κ1) is 10.5. The second kappa shape index (κ2) is 3.84. The number of aromatic nitrogens is 3. The van der Waals surface area contributed by atoms with Gasteiger partial charge in [-0.25, -0.2) is 18.7 Å². The van der Waals surface area contributed by atoms with Gasteiger partial charge in [-0.05, 0) is 11.6 Å². The molecule has 0 aromatic carbocycles. The van der Waals surface area contributed by atoms with Gasteiger partial charge >= 0.3 is 0 Å². The van der Waals surface area contributed by atoms with Gasteiger partial charge < -0.3 is 4.90 Å². The number of piperidine rings is 1. The molecular weight excluding hydrogens is 226 g/mol. The molecule has 0 aliphatic carbocycles. The van der Waals surface area contributed by atoms with E-state index < -0.39 is 5.92 Å². The van der Waals surface area contributed by atoms with E-state index in [1.165, 1.54) is 6.33 Å². The van der Waals surface area contributed by atoms with Gasteiger partial charge in [0.15, 0.2) is 0 Å². The lowest BCUT2D eigenvalue weighted by atomic mass is 10.1. The summed E-state index contributed by atoms with van der Waals surface area (Å²) in [7, 11) is 0. The third-order valence-electron chi connectivity index (χ3n) is 2.31. The van der Waals surface area contributed by atoms with E-state index in [1.807, 2.05) is 0 Å². The Labute approximate surface area is 90.3 Å². The van der Waals surface area contributed by atoms with Crippen molar-refractivity contribution in [1.82, 2.24) is 15.0 Å². The molecule has 1 aromatic heterocycles. The summed E-state index contributed by atoms with van der Waals surface area (Å²) in [6, 6.07) is 0. The summed E-state index contributed by atoms with van der Waals surface area (Å²) in [5.41, 5.74) is 0. The van der Waals surface area contributed by atoms with E-state index in [0.717, 1.165) is 0 Å². The summed E-state index contributed by atoms with van der Waals surface area (Å²) < 4.78 is 25.7. The number of halogens is 3. The quantitative estimate of drug-likeness (QED) is 0.743. The molecule has 0 radical (unpaired) electrons. The summed E-state index contributed by atoms with van der Waals surface area (Å²) in [6.07, 6.45) is 0.935. The van der Waals surface area contributed by atoms with E-state index in [0.29, 0.717) is 5.95 Å². The summed E-state index contributed by atoms with van der Waals surface area (Å²) in [6.45, 7) is 0.487. The summed E-state index contributed by atoms with van der Waals surface area (Å²) in [4.78, 5) is 13.1. The fraction of sp³-hybridized carbons (Fsp3) is 0.625. The van der Waals surface area contributed by atoms with Crippen LogP contribution in [0.1, 0.15) is 12.8 Å². The fourth-order valence-electron chi connectivity index (χ4n) is 1.45. The highest BCUT2D eigenvalue weighted by molar-refractivity contribution is 6.28. The summed E-state index contributed by atoms with van der Waals surface area (Å²) in [5.74, 6) is -2.20. The van der Waals surface area contributed by atoms with Gasteiger partial charge in [-0.1, -0.05) is 0 Å². The van der Waals surface area contributed by atoms with Crippen molar-refractivity contribution in [2.45, 2.75) is 18.8 Å². The largest absolute Gasteiger partial charge is 0.340 e. The van der Waals surface area contributed by atoms with Crippen LogP contribution in [0.3, 0.4) is 0 Å². The average Bonchev–Trinajstić information content (AvgIpc) is 2.17. The van der Waals surface area contributed by atoms with Gasteiger partial charge in [-0.3, -0.25) is 0 Å². The minimum absolute atomic E-state index is 0.0809. The first-order chi connectivity index (χ1) is 7.07. The van der Waals surface area contributed by atoms with Gasteiger partial charge in [-0.2, -0.15) is 4.98 Å². The molecule has 2 heterocycles. The van der Waals surface area contributed by atoms with E-state index in [2.05, 4.69) is 15.0 Å². The van der Waals surface area contributed by atoms with Crippen molar-refractivity contribution < 1.29 is 8.78 Å². The fourth-order valence-corrected chi connectivity index (χ4v) is 1.57. The topological polar surface area (TPSA) is 41.9 Å². The number of alkyl halides is 2. The van der Waals surface area contributed by atoms with Crippen molar-refractivity contribution in [2.75, 3.05) is 18.0 Å². The molecule has 1 fully saturated rings. The van der Waals surface area contributed by atoms with Crippen LogP contribution in [0.25, 0.3) is 0 Å². The van der Waals surface area contributed by atoms with Crippen molar-refractivity contribution in [1.29, 1.82) is 0 Å². The summed E-state index contributed by atoms with van der Waals surface area (Å²) >= 11 is 5.58. The molecule has 0 spiro atoms. The van der Waals surface area contributed by atoms with E-state index in [9.17, 15) is 8.78 Å². The molecule has 4 nitrogen and oxygen atoms in total. The molecule has 2 rings (SSSR count). The zero-order valence-corrected chi connectivity index (χ0v) is 8.58. The van der Waals surface area contributed by atoms with E-state index in [4.69, 9.17) is 11.6 Å². The lowest BCUT2D eigenvalue weighted by Crippen LogP contribution is -2.40. The molecule has 0 atom stereocenters. The zero-order chi connectivity index (χ0) is 10.9. The number of hydrogen-bond acceptors (Lipinski definition) is 4. The van der Waals surface area contributed by atoms with Gasteiger partial charge in [-0.15, -0.1) is 0 Å². The molecule has 0 amide bonds. The lowest BCUT2D eigenvalue weighted by Gasteiger charge is -2.31. The van der Waals surface area contributed by atoms with Crippen LogP contribution in [0.15, 0.2) is 6.33 Å². The normalized spacial score (nSPS) is 20.3. The number of rotatable bonds is 1. The van der Waals surface area contributed by atoms with E-state index in [1.54, 1.807) is 4.90 Å². The molecule has 0 saturated carbocycles. The molecule has 0 unspecified atom stereocenters. The zero-order valence-electron chi connectivity index (χ0n) is 7.83. The van der Waals surface area contributed by atoms with E-state index >= 15 is 0 Å². The molecule has 0 bridgehead atoms. The Bertz CT molecular complexity index is 350. The van der Waals surface area contributed by atoms with Crippen molar-refractivity contribution >= 4 is 17.5 Å². The number of hydrogen-bond donors (Lipinski definition) is 0. The highest BCUT2D eigenvalue weighted by Crippen LogP contribution is 2.29. The molecule has 1 aromatic rings. The van der Waals surface area contributed by atoms with E-state index in [-0.39, 0.29) is 31.2 Å². The smallest absolute Gasteiger partial charge is 0.251 e.